The molecule has 0 spiro atoms. The summed E-state index contributed by atoms with van der Waals surface area (Å²) in [6.07, 6.45) is 9.21. The molecule has 5 aromatic rings. The monoisotopic (exact) mass is 585 g/mol. The van der Waals surface area contributed by atoms with Crippen LogP contribution in [0.2, 0.25) is 0 Å². The smallest absolute Gasteiger partial charge is 0.225 e. The Kier molecular flexibility index (Phi) is 8.07. The number of pyridine rings is 3. The number of nitrogens with two attached hydrogens (primary N) is 1. The van der Waals surface area contributed by atoms with E-state index in [4.69, 9.17) is 10.7 Å². The average molecular weight is 586 g/mol. The minimum Gasteiger partial charge on any atom is -0.384 e. The molecule has 0 aliphatic carbocycles. The summed E-state index contributed by atoms with van der Waals surface area (Å²) in [6.45, 7) is 4.98. The van der Waals surface area contributed by atoms with Crippen molar-refractivity contribution in [1.29, 1.82) is 0 Å². The van der Waals surface area contributed by atoms with Crippen LogP contribution in [-0.2, 0) is 17.9 Å². The Morgan fingerprint density at radius 2 is 1.52 bits per heavy atom. The number of nitrogens with zero attached hydrogens (tertiary/aromatic N) is 6. The van der Waals surface area contributed by atoms with Crippen LogP contribution in [0.25, 0.3) is 22.3 Å². The number of hydrogen-bond donors (Lipinski definition) is 1. The number of benzene rings is 1. The zero-order valence-electron chi connectivity index (χ0n) is 25.1. The number of nitrogen functional groups attached to an aromatic ring is 1. The Labute approximate surface area is 258 Å². The number of hydrogen-bond acceptors (Lipinski definition) is 6. The van der Waals surface area contributed by atoms with E-state index in [1.54, 1.807) is 6.20 Å². The molecule has 2 N–H and O–H groups in total. The van der Waals surface area contributed by atoms with Gasteiger partial charge in [-0.2, -0.15) is 0 Å². The second-order valence-corrected chi connectivity index (χ2v) is 12.1. The fraction of sp³-hybridized carbons (Fsp3) is 0.333. The van der Waals surface area contributed by atoms with E-state index in [0.717, 1.165) is 69.8 Å². The second-order valence-electron chi connectivity index (χ2n) is 12.1. The van der Waals surface area contributed by atoms with Crippen LogP contribution in [0.5, 0.6) is 0 Å². The van der Waals surface area contributed by atoms with Gasteiger partial charge in [0, 0.05) is 55.0 Å². The van der Waals surface area contributed by atoms with E-state index in [9.17, 15) is 4.79 Å². The Bertz CT molecular complexity index is 1720. The SMILES string of the molecule is Nc1cc(CN2CCC(C(=O)N3CCC(c4c(-c5ccccn5)n(Cc5ccccn5)c5ccccc45)CC3)CC2)ccn1. The van der Waals surface area contributed by atoms with Gasteiger partial charge in [-0.25, -0.2) is 4.98 Å². The molecule has 8 nitrogen and oxygen atoms in total. The number of anilines is 1. The summed E-state index contributed by atoms with van der Waals surface area (Å²) in [7, 11) is 0. The molecule has 2 aliphatic heterocycles. The molecule has 1 amide bonds. The van der Waals surface area contributed by atoms with Gasteiger partial charge in [0.1, 0.15) is 5.82 Å². The predicted octanol–water partition coefficient (Wildman–Crippen LogP) is 5.74. The zero-order valence-corrected chi connectivity index (χ0v) is 25.1. The number of rotatable bonds is 7. The minimum absolute atomic E-state index is 0.106. The lowest BCUT2D eigenvalue weighted by molar-refractivity contribution is -0.138. The Balaban J connectivity index is 1.08. The van der Waals surface area contributed by atoms with E-state index in [0.29, 0.717) is 24.2 Å². The van der Waals surface area contributed by atoms with Crippen molar-refractivity contribution in [3.05, 3.63) is 108 Å². The maximum Gasteiger partial charge on any atom is 0.225 e. The van der Waals surface area contributed by atoms with Gasteiger partial charge in [0.2, 0.25) is 5.91 Å². The van der Waals surface area contributed by atoms with Crippen LogP contribution in [0.15, 0.2) is 91.4 Å². The fourth-order valence-corrected chi connectivity index (χ4v) is 7.18. The van der Waals surface area contributed by atoms with E-state index in [1.165, 1.54) is 27.7 Å². The summed E-state index contributed by atoms with van der Waals surface area (Å²) in [5.74, 6) is 1.34. The highest BCUT2D eigenvalue weighted by atomic mass is 16.2. The van der Waals surface area contributed by atoms with Crippen molar-refractivity contribution >= 4 is 22.6 Å². The molecule has 2 fully saturated rings. The van der Waals surface area contributed by atoms with E-state index < -0.39 is 0 Å². The van der Waals surface area contributed by atoms with Crippen molar-refractivity contribution in [3.63, 3.8) is 0 Å². The van der Waals surface area contributed by atoms with Gasteiger partial charge in [-0.3, -0.25) is 19.7 Å². The molecular formula is C36H39N7O. The van der Waals surface area contributed by atoms with Crippen molar-refractivity contribution in [2.24, 2.45) is 5.92 Å². The third kappa shape index (κ3) is 5.82. The van der Waals surface area contributed by atoms with Crippen molar-refractivity contribution in [2.75, 3.05) is 31.9 Å². The number of fused-ring (bicyclic) bond motifs is 1. The quantitative estimate of drug-likeness (QED) is 0.262. The zero-order chi connectivity index (χ0) is 29.9. The number of amides is 1. The first-order valence-corrected chi connectivity index (χ1v) is 15.8. The third-order valence-electron chi connectivity index (χ3n) is 9.37. The van der Waals surface area contributed by atoms with Gasteiger partial charge >= 0.3 is 0 Å². The van der Waals surface area contributed by atoms with Crippen LogP contribution >= 0.6 is 0 Å². The standard InChI is InChI=1S/C36H39N7O/c37-33-23-26(11-18-40-33)24-41-19-12-28(13-20-41)36(44)42-21-14-27(15-22-42)34-30-8-1-2-10-32(30)43(25-29-7-3-5-16-38-29)35(34)31-9-4-6-17-39-31/h1-11,16-18,23,27-28H,12-15,19-22,24-25H2,(H2,37,40). The maximum absolute atomic E-state index is 13.7. The predicted molar refractivity (Wildman–Crippen MR) is 174 cm³/mol. The van der Waals surface area contributed by atoms with E-state index in [1.807, 2.05) is 42.7 Å². The molecule has 224 valence electrons. The van der Waals surface area contributed by atoms with Crippen molar-refractivity contribution in [1.82, 2.24) is 29.3 Å². The number of para-hydroxylation sites is 1. The van der Waals surface area contributed by atoms with Gasteiger partial charge in [-0.05, 0) is 98.3 Å². The van der Waals surface area contributed by atoms with Gasteiger partial charge in [0.25, 0.3) is 0 Å². The minimum atomic E-state index is 0.106. The molecule has 2 aliphatic rings. The second kappa shape index (κ2) is 12.6. The highest BCUT2D eigenvalue weighted by Gasteiger charge is 2.33. The van der Waals surface area contributed by atoms with Gasteiger partial charge in [-0.1, -0.05) is 30.3 Å². The lowest BCUT2D eigenvalue weighted by Crippen LogP contribution is -2.45. The molecular weight excluding hydrogens is 546 g/mol. The van der Waals surface area contributed by atoms with Crippen LogP contribution in [0.3, 0.4) is 0 Å². The van der Waals surface area contributed by atoms with Gasteiger partial charge in [0.15, 0.2) is 0 Å². The lowest BCUT2D eigenvalue weighted by atomic mass is 9.85. The first-order chi connectivity index (χ1) is 21.6. The number of carbonyl (C=O) groups is 1. The van der Waals surface area contributed by atoms with Gasteiger partial charge in [-0.15, -0.1) is 0 Å². The molecule has 44 heavy (non-hydrogen) atoms. The summed E-state index contributed by atoms with van der Waals surface area (Å²) in [6, 6.07) is 24.9. The van der Waals surface area contributed by atoms with E-state index >= 15 is 0 Å². The summed E-state index contributed by atoms with van der Waals surface area (Å²) < 4.78 is 2.39. The Morgan fingerprint density at radius 1 is 0.773 bits per heavy atom. The number of carbonyl (C=O) groups excluding carboxylic acids is 1. The summed E-state index contributed by atoms with van der Waals surface area (Å²) in [5, 5.41) is 1.28. The first kappa shape index (κ1) is 28.2. The molecule has 0 atom stereocenters. The largest absolute Gasteiger partial charge is 0.384 e. The first-order valence-electron chi connectivity index (χ1n) is 15.8. The molecule has 0 saturated carbocycles. The number of likely N-dealkylation sites (tertiary alicyclic amines) is 2. The molecule has 0 radical (unpaired) electrons. The van der Waals surface area contributed by atoms with Gasteiger partial charge < -0.3 is 15.2 Å². The summed E-state index contributed by atoms with van der Waals surface area (Å²) >= 11 is 0. The van der Waals surface area contributed by atoms with Gasteiger partial charge in [0.05, 0.1) is 23.6 Å². The Morgan fingerprint density at radius 3 is 2.25 bits per heavy atom. The highest BCUT2D eigenvalue weighted by Crippen LogP contribution is 2.42. The van der Waals surface area contributed by atoms with Crippen LogP contribution in [0.4, 0.5) is 5.82 Å². The van der Waals surface area contributed by atoms with E-state index in [-0.39, 0.29) is 5.92 Å². The van der Waals surface area contributed by atoms with Crippen LogP contribution in [0, 0.1) is 5.92 Å². The molecule has 2 saturated heterocycles. The third-order valence-corrected chi connectivity index (χ3v) is 9.37. The topological polar surface area (TPSA) is 93.2 Å². The lowest BCUT2D eigenvalue weighted by Gasteiger charge is -2.37. The van der Waals surface area contributed by atoms with Crippen LogP contribution < -0.4 is 5.73 Å². The molecule has 6 heterocycles. The van der Waals surface area contributed by atoms with Crippen molar-refractivity contribution < 1.29 is 4.79 Å². The van der Waals surface area contributed by atoms with Crippen LogP contribution in [-0.4, -0.2) is 61.4 Å². The average Bonchev–Trinajstić information content (AvgIpc) is 3.39. The molecule has 0 bridgehead atoms. The molecule has 4 aromatic heterocycles. The molecule has 7 rings (SSSR count). The van der Waals surface area contributed by atoms with E-state index in [2.05, 4.69) is 66.8 Å². The van der Waals surface area contributed by atoms with Crippen molar-refractivity contribution in [3.8, 4) is 11.4 Å². The normalized spacial score (nSPS) is 16.9. The molecule has 8 heteroatoms. The summed E-state index contributed by atoms with van der Waals surface area (Å²) in [4.78, 5) is 31.8. The Hall–Kier alpha value is -4.56. The highest BCUT2D eigenvalue weighted by molar-refractivity contribution is 5.92. The maximum atomic E-state index is 13.7. The number of piperidine rings is 2. The number of aromatic nitrogens is 4. The fourth-order valence-electron chi connectivity index (χ4n) is 7.18. The van der Waals surface area contributed by atoms with Crippen LogP contribution in [0.1, 0.15) is 48.4 Å². The molecule has 1 aromatic carbocycles. The molecule has 0 unspecified atom stereocenters. The van der Waals surface area contributed by atoms with Crippen molar-refractivity contribution in [2.45, 2.75) is 44.7 Å². The summed E-state index contributed by atoms with van der Waals surface area (Å²) in [5.41, 5.74) is 12.8.